The predicted octanol–water partition coefficient (Wildman–Crippen LogP) is 2.02. The van der Waals surface area contributed by atoms with Crippen LogP contribution < -0.4 is 5.73 Å². The van der Waals surface area contributed by atoms with Crippen molar-refractivity contribution in [3.63, 3.8) is 0 Å². The Morgan fingerprint density at radius 3 is 2.78 bits per heavy atom. The van der Waals surface area contributed by atoms with Gasteiger partial charge in [-0.1, -0.05) is 18.2 Å². The third-order valence-corrected chi connectivity index (χ3v) is 4.19. The second kappa shape index (κ2) is 4.41. The zero-order valence-electron chi connectivity index (χ0n) is 11.2. The van der Waals surface area contributed by atoms with Crippen LogP contribution in [0.2, 0.25) is 0 Å². The van der Waals surface area contributed by atoms with Crippen LogP contribution >= 0.6 is 0 Å². The Bertz CT molecular complexity index is 531. The van der Waals surface area contributed by atoms with Gasteiger partial charge in [0.15, 0.2) is 0 Å². The van der Waals surface area contributed by atoms with Gasteiger partial charge in [0.1, 0.15) is 0 Å². The number of benzene rings is 1. The highest BCUT2D eigenvalue weighted by atomic mass is 15.2. The van der Waals surface area contributed by atoms with Crippen LogP contribution in [0.4, 0.5) is 0 Å². The summed E-state index contributed by atoms with van der Waals surface area (Å²) in [6.45, 7) is 5.40. The van der Waals surface area contributed by atoms with Crippen LogP contribution in [0, 0.1) is 6.92 Å². The highest BCUT2D eigenvalue weighted by Crippen LogP contribution is 2.26. The molecule has 1 aliphatic rings. The molecule has 2 heterocycles. The molecule has 18 heavy (non-hydrogen) atoms. The fraction of sp³-hybridized carbons (Fsp3) is 0.467. The minimum atomic E-state index is 0.361. The van der Waals surface area contributed by atoms with Gasteiger partial charge in [-0.25, -0.2) is 0 Å². The molecule has 96 valence electrons. The molecule has 1 aromatic carbocycles. The molecule has 3 rings (SSSR count). The molecule has 1 atom stereocenters. The molecule has 0 bridgehead atoms. The number of rotatable bonds is 2. The van der Waals surface area contributed by atoms with Crippen molar-refractivity contribution in [1.82, 2.24) is 9.47 Å². The summed E-state index contributed by atoms with van der Waals surface area (Å²) in [7, 11) is 2.17. The molecule has 1 aliphatic heterocycles. The summed E-state index contributed by atoms with van der Waals surface area (Å²) in [5.41, 5.74) is 10.1. The third-order valence-electron chi connectivity index (χ3n) is 4.19. The Morgan fingerprint density at radius 1 is 1.33 bits per heavy atom. The number of aromatic nitrogens is 1. The third kappa shape index (κ3) is 1.84. The van der Waals surface area contributed by atoms with Crippen molar-refractivity contribution in [1.29, 1.82) is 0 Å². The van der Waals surface area contributed by atoms with E-state index in [1.165, 1.54) is 22.2 Å². The first-order valence-corrected chi connectivity index (χ1v) is 6.67. The van der Waals surface area contributed by atoms with Crippen LogP contribution in [0.25, 0.3) is 10.9 Å². The normalized spacial score (nSPS) is 20.9. The van der Waals surface area contributed by atoms with E-state index in [1.807, 2.05) is 0 Å². The van der Waals surface area contributed by atoms with E-state index in [1.54, 1.807) is 0 Å². The van der Waals surface area contributed by atoms with E-state index in [0.29, 0.717) is 6.04 Å². The minimum Gasteiger partial charge on any atom is -0.346 e. The molecule has 3 nitrogen and oxygen atoms in total. The van der Waals surface area contributed by atoms with Crippen molar-refractivity contribution >= 4 is 10.9 Å². The minimum absolute atomic E-state index is 0.361. The van der Waals surface area contributed by atoms with Gasteiger partial charge < -0.3 is 10.3 Å². The summed E-state index contributed by atoms with van der Waals surface area (Å²) in [4.78, 5) is 2.46. The van der Waals surface area contributed by atoms with Gasteiger partial charge in [-0.15, -0.1) is 0 Å². The number of nitrogens with zero attached hydrogens (tertiary/aromatic N) is 2. The van der Waals surface area contributed by atoms with Crippen LogP contribution in [-0.2, 0) is 13.6 Å². The van der Waals surface area contributed by atoms with Crippen molar-refractivity contribution < 1.29 is 0 Å². The van der Waals surface area contributed by atoms with Gasteiger partial charge >= 0.3 is 0 Å². The number of fused-ring (bicyclic) bond motifs is 1. The van der Waals surface area contributed by atoms with E-state index < -0.39 is 0 Å². The number of nitrogens with two attached hydrogens (primary N) is 1. The molecule has 2 N–H and O–H groups in total. The van der Waals surface area contributed by atoms with Gasteiger partial charge in [0.05, 0.1) is 0 Å². The van der Waals surface area contributed by atoms with Crippen LogP contribution in [-0.4, -0.2) is 28.6 Å². The number of hydrogen-bond donors (Lipinski definition) is 1. The van der Waals surface area contributed by atoms with E-state index in [4.69, 9.17) is 5.73 Å². The van der Waals surface area contributed by atoms with Crippen LogP contribution in [0.5, 0.6) is 0 Å². The molecule has 2 aromatic rings. The Kier molecular flexibility index (Phi) is 2.88. The van der Waals surface area contributed by atoms with Gasteiger partial charge in [0, 0.05) is 49.3 Å². The number of para-hydroxylation sites is 1. The summed E-state index contributed by atoms with van der Waals surface area (Å²) in [5.74, 6) is 0. The van der Waals surface area contributed by atoms with E-state index in [2.05, 4.69) is 47.7 Å². The van der Waals surface area contributed by atoms with Crippen molar-refractivity contribution in [2.24, 2.45) is 12.8 Å². The molecular weight excluding hydrogens is 222 g/mol. The molecule has 3 heteroatoms. The molecular formula is C15H21N3. The number of likely N-dealkylation sites (tertiary alicyclic amines) is 1. The molecule has 0 saturated carbocycles. The average Bonchev–Trinajstić information content (AvgIpc) is 2.88. The van der Waals surface area contributed by atoms with Crippen molar-refractivity contribution in [2.45, 2.75) is 25.9 Å². The fourth-order valence-electron chi connectivity index (χ4n) is 3.08. The van der Waals surface area contributed by atoms with Crippen LogP contribution in [0.3, 0.4) is 0 Å². The fourth-order valence-corrected chi connectivity index (χ4v) is 3.08. The molecule has 1 unspecified atom stereocenters. The lowest BCUT2D eigenvalue weighted by Gasteiger charge is -2.16. The topological polar surface area (TPSA) is 34.2 Å². The zero-order chi connectivity index (χ0) is 12.7. The quantitative estimate of drug-likeness (QED) is 0.875. The molecule has 1 fully saturated rings. The SMILES string of the molecule is Cc1c(CN2CCC(N)C2)n(C)c2ccccc12. The zero-order valence-corrected chi connectivity index (χ0v) is 11.2. The summed E-state index contributed by atoms with van der Waals surface area (Å²) in [6.07, 6.45) is 1.13. The lowest BCUT2D eigenvalue weighted by atomic mass is 10.1. The van der Waals surface area contributed by atoms with E-state index in [0.717, 1.165) is 26.1 Å². The van der Waals surface area contributed by atoms with E-state index in [-0.39, 0.29) is 0 Å². The summed E-state index contributed by atoms with van der Waals surface area (Å²) < 4.78 is 2.33. The monoisotopic (exact) mass is 243 g/mol. The number of aryl methyl sites for hydroxylation is 2. The van der Waals surface area contributed by atoms with Gasteiger partial charge in [-0.2, -0.15) is 0 Å². The first kappa shape index (κ1) is 11.8. The van der Waals surface area contributed by atoms with Crippen molar-refractivity contribution in [3.05, 3.63) is 35.5 Å². The van der Waals surface area contributed by atoms with E-state index >= 15 is 0 Å². The molecule has 0 spiro atoms. The predicted molar refractivity (Wildman–Crippen MR) is 75.5 cm³/mol. The van der Waals surface area contributed by atoms with Gasteiger partial charge in [0.2, 0.25) is 0 Å². The Morgan fingerprint density at radius 2 is 2.11 bits per heavy atom. The maximum Gasteiger partial charge on any atom is 0.0483 e. The lowest BCUT2D eigenvalue weighted by molar-refractivity contribution is 0.319. The highest BCUT2D eigenvalue weighted by Gasteiger charge is 2.21. The standard InChI is InChI=1S/C15H21N3/c1-11-13-5-3-4-6-14(13)17(2)15(11)10-18-8-7-12(16)9-18/h3-6,12H,7-10,16H2,1-2H3. The lowest BCUT2D eigenvalue weighted by Crippen LogP contribution is -2.27. The van der Waals surface area contributed by atoms with Crippen molar-refractivity contribution in [2.75, 3.05) is 13.1 Å². The summed E-state index contributed by atoms with van der Waals surface area (Å²) in [6, 6.07) is 8.99. The molecule has 1 aromatic heterocycles. The molecule has 0 aliphatic carbocycles. The van der Waals surface area contributed by atoms with Gasteiger partial charge in [-0.3, -0.25) is 4.90 Å². The first-order chi connectivity index (χ1) is 8.66. The maximum absolute atomic E-state index is 5.98. The molecule has 1 saturated heterocycles. The maximum atomic E-state index is 5.98. The largest absolute Gasteiger partial charge is 0.346 e. The van der Waals surface area contributed by atoms with E-state index in [9.17, 15) is 0 Å². The van der Waals surface area contributed by atoms with Crippen LogP contribution in [0.15, 0.2) is 24.3 Å². The smallest absolute Gasteiger partial charge is 0.0483 e. The Balaban J connectivity index is 1.96. The Labute approximate surface area is 108 Å². The summed E-state index contributed by atoms with van der Waals surface area (Å²) >= 11 is 0. The summed E-state index contributed by atoms with van der Waals surface area (Å²) in [5, 5.41) is 1.37. The highest BCUT2D eigenvalue weighted by molar-refractivity contribution is 5.85. The van der Waals surface area contributed by atoms with Gasteiger partial charge in [-0.05, 0) is 25.0 Å². The number of hydrogen-bond acceptors (Lipinski definition) is 2. The Hall–Kier alpha value is -1.32. The van der Waals surface area contributed by atoms with Crippen LogP contribution in [0.1, 0.15) is 17.7 Å². The second-order valence-electron chi connectivity index (χ2n) is 5.43. The van der Waals surface area contributed by atoms with Crippen molar-refractivity contribution in [3.8, 4) is 0 Å². The first-order valence-electron chi connectivity index (χ1n) is 6.67. The molecule has 0 radical (unpaired) electrons. The molecule has 0 amide bonds. The average molecular weight is 243 g/mol. The van der Waals surface area contributed by atoms with Gasteiger partial charge in [0.25, 0.3) is 0 Å². The second-order valence-corrected chi connectivity index (χ2v) is 5.43.